The van der Waals surface area contributed by atoms with Gasteiger partial charge < -0.3 is 9.72 Å². The monoisotopic (exact) mass is 308 g/mol. The Morgan fingerprint density at radius 1 is 1.09 bits per heavy atom. The normalized spacial score (nSPS) is 10.6. The van der Waals surface area contributed by atoms with Gasteiger partial charge in [-0.3, -0.25) is 14.6 Å². The van der Waals surface area contributed by atoms with Crippen LogP contribution in [0.1, 0.15) is 29.0 Å². The molecule has 0 atom stereocenters. The first-order valence-corrected chi connectivity index (χ1v) is 7.35. The Morgan fingerprint density at radius 2 is 2.00 bits per heavy atom. The summed E-state index contributed by atoms with van der Waals surface area (Å²) < 4.78 is 1.92. The fraction of sp³-hybridized carbons (Fsp3) is 0.176. The number of nitrogens with zero attached hydrogens (tertiary/aromatic N) is 3. The topological polar surface area (TPSA) is 76.4 Å². The van der Waals surface area contributed by atoms with E-state index in [1.807, 2.05) is 28.8 Å². The number of ketones is 1. The van der Waals surface area contributed by atoms with Crippen molar-refractivity contribution in [2.45, 2.75) is 19.4 Å². The number of carbonyl (C=O) groups excluding carboxylic acids is 2. The van der Waals surface area contributed by atoms with Gasteiger partial charge in [-0.25, -0.2) is 4.98 Å². The zero-order chi connectivity index (χ0) is 16.1. The number of amides is 1. The van der Waals surface area contributed by atoms with Crippen LogP contribution in [0.3, 0.4) is 0 Å². The van der Waals surface area contributed by atoms with E-state index in [4.69, 9.17) is 0 Å². The molecule has 0 aromatic carbocycles. The van der Waals surface area contributed by atoms with Gasteiger partial charge in [-0.15, -0.1) is 0 Å². The van der Waals surface area contributed by atoms with Crippen LogP contribution in [0.25, 0.3) is 5.52 Å². The highest BCUT2D eigenvalue weighted by atomic mass is 16.2. The predicted molar refractivity (Wildman–Crippen MR) is 84.8 cm³/mol. The third-order valence-electron chi connectivity index (χ3n) is 3.52. The van der Waals surface area contributed by atoms with E-state index in [1.165, 1.54) is 6.20 Å². The van der Waals surface area contributed by atoms with Gasteiger partial charge in [-0.05, 0) is 24.3 Å². The number of hydrogen-bond donors (Lipinski definition) is 1. The van der Waals surface area contributed by atoms with E-state index in [9.17, 15) is 9.59 Å². The Morgan fingerprint density at radius 3 is 2.83 bits per heavy atom. The largest absolute Gasteiger partial charge is 0.349 e. The molecule has 1 N–H and O–H groups in total. The van der Waals surface area contributed by atoms with Crippen molar-refractivity contribution in [3.63, 3.8) is 0 Å². The fourth-order valence-corrected chi connectivity index (χ4v) is 2.30. The van der Waals surface area contributed by atoms with Gasteiger partial charge in [0.2, 0.25) is 5.91 Å². The number of carbonyl (C=O) groups is 2. The van der Waals surface area contributed by atoms with E-state index >= 15 is 0 Å². The van der Waals surface area contributed by atoms with Crippen LogP contribution in [0.5, 0.6) is 0 Å². The molecular weight excluding hydrogens is 292 g/mol. The van der Waals surface area contributed by atoms with Gasteiger partial charge in [0.1, 0.15) is 5.82 Å². The lowest BCUT2D eigenvalue weighted by atomic mass is 10.1. The van der Waals surface area contributed by atoms with Gasteiger partial charge in [0, 0.05) is 37.0 Å². The summed E-state index contributed by atoms with van der Waals surface area (Å²) in [5, 5.41) is 2.79. The second-order valence-electron chi connectivity index (χ2n) is 5.11. The van der Waals surface area contributed by atoms with E-state index in [2.05, 4.69) is 15.3 Å². The first-order chi connectivity index (χ1) is 11.2. The Hall–Kier alpha value is -3.02. The third-order valence-corrected chi connectivity index (χ3v) is 3.52. The maximum atomic E-state index is 11.9. The van der Waals surface area contributed by atoms with E-state index < -0.39 is 0 Å². The molecule has 0 bridgehead atoms. The van der Waals surface area contributed by atoms with Crippen molar-refractivity contribution in [1.82, 2.24) is 19.7 Å². The van der Waals surface area contributed by atoms with Crippen LogP contribution in [0.15, 0.2) is 55.1 Å². The molecule has 23 heavy (non-hydrogen) atoms. The molecule has 0 spiro atoms. The second-order valence-corrected chi connectivity index (χ2v) is 5.11. The second kappa shape index (κ2) is 6.83. The molecular formula is C17H16N4O2. The number of rotatable bonds is 6. The summed E-state index contributed by atoms with van der Waals surface area (Å²) >= 11 is 0. The minimum atomic E-state index is -0.171. The number of imidazole rings is 1. The quantitative estimate of drug-likeness (QED) is 0.707. The minimum absolute atomic E-state index is 0.0838. The molecule has 6 nitrogen and oxygen atoms in total. The van der Waals surface area contributed by atoms with Crippen molar-refractivity contribution in [2.24, 2.45) is 0 Å². The molecule has 0 aliphatic rings. The van der Waals surface area contributed by atoms with Crippen LogP contribution in [0.2, 0.25) is 0 Å². The third kappa shape index (κ3) is 3.60. The summed E-state index contributed by atoms with van der Waals surface area (Å²) in [5.74, 6) is 0.502. The van der Waals surface area contributed by atoms with Crippen LogP contribution >= 0.6 is 0 Å². The molecule has 0 aliphatic carbocycles. The Balaban J connectivity index is 1.51. The zero-order valence-electron chi connectivity index (χ0n) is 12.5. The number of Topliss-reactive ketones (excluding diaryl/α,β-unsaturated/α-hetero) is 1. The predicted octanol–water partition coefficient (Wildman–Crippen LogP) is 2.01. The average molecular weight is 308 g/mol. The van der Waals surface area contributed by atoms with Crippen molar-refractivity contribution in [2.75, 3.05) is 0 Å². The summed E-state index contributed by atoms with van der Waals surface area (Å²) in [6, 6.07) is 9.20. The van der Waals surface area contributed by atoms with E-state index in [0.29, 0.717) is 12.1 Å². The Bertz CT molecular complexity index is 827. The highest BCUT2D eigenvalue weighted by molar-refractivity contribution is 5.97. The maximum absolute atomic E-state index is 11.9. The molecule has 3 rings (SSSR count). The smallest absolute Gasteiger partial charge is 0.220 e. The van der Waals surface area contributed by atoms with E-state index in [1.54, 1.807) is 24.5 Å². The first kappa shape index (κ1) is 14.9. The van der Waals surface area contributed by atoms with Crippen LogP contribution in [-0.4, -0.2) is 26.1 Å². The molecule has 116 valence electrons. The van der Waals surface area contributed by atoms with Crippen molar-refractivity contribution >= 4 is 17.2 Å². The number of fused-ring (bicyclic) bond motifs is 1. The number of aromatic nitrogens is 3. The highest BCUT2D eigenvalue weighted by Crippen LogP contribution is 2.06. The first-order valence-electron chi connectivity index (χ1n) is 7.35. The van der Waals surface area contributed by atoms with Crippen molar-refractivity contribution in [3.05, 3.63) is 66.5 Å². The van der Waals surface area contributed by atoms with Crippen LogP contribution in [0.4, 0.5) is 0 Å². The van der Waals surface area contributed by atoms with Crippen molar-refractivity contribution in [3.8, 4) is 0 Å². The van der Waals surface area contributed by atoms with Crippen molar-refractivity contribution < 1.29 is 9.59 Å². The molecule has 0 saturated heterocycles. The van der Waals surface area contributed by atoms with Gasteiger partial charge in [0.05, 0.1) is 18.3 Å². The maximum Gasteiger partial charge on any atom is 0.220 e. The zero-order valence-corrected chi connectivity index (χ0v) is 12.5. The van der Waals surface area contributed by atoms with Gasteiger partial charge in [0.15, 0.2) is 5.78 Å². The summed E-state index contributed by atoms with van der Waals surface area (Å²) in [7, 11) is 0. The lowest BCUT2D eigenvalue weighted by Gasteiger charge is -2.05. The highest BCUT2D eigenvalue weighted by Gasteiger charge is 2.10. The number of hydrogen-bond acceptors (Lipinski definition) is 4. The standard InChI is InChI=1S/C17H16N4O2/c22-15(13-4-3-8-18-10-13)6-7-17(23)20-12-16-19-11-14-5-1-2-9-21(14)16/h1-5,8-11H,6-7,12H2,(H,20,23). The van der Waals surface area contributed by atoms with E-state index in [0.717, 1.165) is 11.3 Å². The average Bonchev–Trinajstić information content (AvgIpc) is 3.02. The molecule has 3 aromatic heterocycles. The molecule has 3 heterocycles. The minimum Gasteiger partial charge on any atom is -0.349 e. The SMILES string of the molecule is O=C(CCC(=O)c1cccnc1)NCc1ncc2ccccn12. The van der Waals surface area contributed by atoms with Gasteiger partial charge in [0.25, 0.3) is 0 Å². The Kier molecular flexibility index (Phi) is 4.42. The Labute approximate surface area is 133 Å². The lowest BCUT2D eigenvalue weighted by molar-refractivity contribution is -0.121. The molecule has 3 aromatic rings. The summed E-state index contributed by atoms with van der Waals surface area (Å²) in [5.41, 5.74) is 1.50. The summed E-state index contributed by atoms with van der Waals surface area (Å²) in [4.78, 5) is 32.0. The van der Waals surface area contributed by atoms with Crippen LogP contribution in [0, 0.1) is 0 Å². The van der Waals surface area contributed by atoms with Gasteiger partial charge >= 0.3 is 0 Å². The number of pyridine rings is 2. The van der Waals surface area contributed by atoms with Crippen molar-refractivity contribution in [1.29, 1.82) is 0 Å². The molecule has 0 saturated carbocycles. The molecule has 0 fully saturated rings. The molecule has 0 aliphatic heterocycles. The van der Waals surface area contributed by atoms with E-state index in [-0.39, 0.29) is 24.5 Å². The molecule has 1 amide bonds. The van der Waals surface area contributed by atoms with Crippen LogP contribution < -0.4 is 5.32 Å². The molecule has 0 radical (unpaired) electrons. The number of nitrogens with one attached hydrogen (secondary N) is 1. The molecule has 6 heteroatoms. The fourth-order valence-electron chi connectivity index (χ4n) is 2.30. The lowest BCUT2D eigenvalue weighted by Crippen LogP contribution is -2.24. The van der Waals surface area contributed by atoms with Gasteiger partial charge in [-0.2, -0.15) is 0 Å². The summed E-state index contributed by atoms with van der Waals surface area (Å²) in [6.45, 7) is 0.331. The van der Waals surface area contributed by atoms with Crippen LogP contribution in [-0.2, 0) is 11.3 Å². The molecule has 0 unspecified atom stereocenters. The summed E-state index contributed by atoms with van der Waals surface area (Å²) in [6.07, 6.45) is 7.09. The van der Waals surface area contributed by atoms with Gasteiger partial charge in [-0.1, -0.05) is 6.07 Å².